The first-order chi connectivity index (χ1) is 22.8. The van der Waals surface area contributed by atoms with Gasteiger partial charge in [0.25, 0.3) is 5.91 Å². The van der Waals surface area contributed by atoms with E-state index in [2.05, 4.69) is 47.6 Å². The molecule has 242 valence electrons. The van der Waals surface area contributed by atoms with E-state index in [-0.39, 0.29) is 30.3 Å². The fourth-order valence-corrected chi connectivity index (χ4v) is 7.98. The molecule has 3 aromatic carbocycles. The van der Waals surface area contributed by atoms with Gasteiger partial charge in [0.15, 0.2) is 0 Å². The average Bonchev–Trinajstić information content (AvgIpc) is 3.79. The molecule has 0 saturated carbocycles. The maximum atomic E-state index is 14.2. The first kappa shape index (κ1) is 31.4. The van der Waals surface area contributed by atoms with E-state index in [1.165, 1.54) is 5.56 Å². The van der Waals surface area contributed by atoms with E-state index in [0.717, 1.165) is 56.9 Å². The summed E-state index contributed by atoms with van der Waals surface area (Å²) < 4.78 is 0. The average molecular weight is 649 g/mol. The maximum Gasteiger partial charge on any atom is 0.255 e. The zero-order valence-electron chi connectivity index (χ0n) is 27.0. The van der Waals surface area contributed by atoms with Crippen LogP contribution in [0.15, 0.2) is 76.5 Å². The van der Waals surface area contributed by atoms with E-state index in [4.69, 9.17) is 10.2 Å². The molecule has 7 rings (SSSR count). The Morgan fingerprint density at radius 3 is 2.70 bits per heavy atom. The summed E-state index contributed by atoms with van der Waals surface area (Å²) in [4.78, 5) is 36.4. The Morgan fingerprint density at radius 1 is 1.06 bits per heavy atom. The lowest BCUT2D eigenvalue weighted by Crippen LogP contribution is -2.54. The van der Waals surface area contributed by atoms with Crippen LogP contribution in [0.3, 0.4) is 0 Å². The summed E-state index contributed by atoms with van der Waals surface area (Å²) in [7, 11) is 0. The normalized spacial score (nSPS) is 19.4. The van der Waals surface area contributed by atoms with Crippen LogP contribution in [0.2, 0.25) is 0 Å². The Bertz CT molecular complexity index is 1840. The number of aryl methyl sites for hydroxylation is 2. The molecule has 1 aromatic heterocycles. The van der Waals surface area contributed by atoms with Crippen LogP contribution in [-0.4, -0.2) is 63.0 Å². The molecule has 2 N–H and O–H groups in total. The first-order valence-electron chi connectivity index (χ1n) is 16.4. The number of hydrogen-bond acceptors (Lipinski definition) is 8. The molecule has 3 aliphatic rings. The predicted molar refractivity (Wildman–Crippen MR) is 183 cm³/mol. The SMILES string of the molecule is Cc1ccc2c(c1)N=Nc1c(CNC[C@@H]3C[C@@H](O)CN3C(=O)[C@H](C(C)C)N3Cc4ccccc4C3=O)ccc(-c3cncs3)c1CC2. The monoisotopic (exact) mass is 648 g/mol. The molecule has 4 heterocycles. The van der Waals surface area contributed by atoms with Crippen LogP contribution in [-0.2, 0) is 30.7 Å². The second-order valence-corrected chi connectivity index (χ2v) is 14.1. The fourth-order valence-electron chi connectivity index (χ4n) is 7.31. The molecular weight excluding hydrogens is 609 g/mol. The minimum atomic E-state index is -0.610. The molecule has 4 aromatic rings. The second kappa shape index (κ2) is 13.1. The zero-order valence-corrected chi connectivity index (χ0v) is 27.8. The first-order valence-corrected chi connectivity index (χ1v) is 17.3. The number of benzene rings is 3. The van der Waals surface area contributed by atoms with Gasteiger partial charge in [0.05, 0.1) is 27.9 Å². The maximum absolute atomic E-state index is 14.2. The number of rotatable bonds is 8. The standard InChI is InChI=1S/C37H40N6O3S/c1-22(2)35(43-19-26-6-4-5-7-29(26)36(43)45)37(46)42-20-28(44)15-27(42)17-38-16-25-11-12-30(33-18-39-21-47-33)31-13-10-24-9-8-23(3)14-32(24)40-41-34(25)31/h4-9,11-12,14,18,21-22,27-28,35,38,44H,10,13,15-17,19-20H2,1-3H3/t27-,28+,35-/m0/s1. The third-order valence-electron chi connectivity index (χ3n) is 9.65. The molecule has 10 heteroatoms. The number of carbonyl (C=O) groups excluding carboxylic acids is 2. The van der Waals surface area contributed by atoms with Crippen molar-refractivity contribution in [3.05, 3.63) is 99.7 Å². The number of thiazole rings is 1. The van der Waals surface area contributed by atoms with Crippen molar-refractivity contribution in [1.82, 2.24) is 20.1 Å². The number of amides is 2. The third kappa shape index (κ3) is 6.13. The lowest BCUT2D eigenvalue weighted by molar-refractivity contribution is -0.139. The van der Waals surface area contributed by atoms with Crippen molar-refractivity contribution >= 4 is 34.5 Å². The summed E-state index contributed by atoms with van der Waals surface area (Å²) in [5, 5.41) is 23.9. The van der Waals surface area contributed by atoms with Gasteiger partial charge in [-0.15, -0.1) is 16.5 Å². The van der Waals surface area contributed by atoms with Crippen LogP contribution in [0.1, 0.15) is 58.4 Å². The van der Waals surface area contributed by atoms with E-state index in [1.54, 1.807) is 21.1 Å². The van der Waals surface area contributed by atoms with Gasteiger partial charge in [-0.25, -0.2) is 0 Å². The molecular formula is C37H40N6O3S. The molecule has 0 radical (unpaired) electrons. The quantitative estimate of drug-likeness (QED) is 0.231. The summed E-state index contributed by atoms with van der Waals surface area (Å²) in [6, 6.07) is 17.4. The van der Waals surface area contributed by atoms with Crippen LogP contribution in [0, 0.1) is 12.8 Å². The van der Waals surface area contributed by atoms with Crippen molar-refractivity contribution in [3.63, 3.8) is 0 Å². The summed E-state index contributed by atoms with van der Waals surface area (Å²) in [6.07, 6.45) is 3.47. The molecule has 0 aliphatic carbocycles. The van der Waals surface area contributed by atoms with Crippen molar-refractivity contribution in [2.24, 2.45) is 16.1 Å². The van der Waals surface area contributed by atoms with Crippen molar-refractivity contribution < 1.29 is 14.7 Å². The van der Waals surface area contributed by atoms with Gasteiger partial charge < -0.3 is 20.2 Å². The van der Waals surface area contributed by atoms with Crippen LogP contribution in [0.4, 0.5) is 11.4 Å². The van der Waals surface area contributed by atoms with Gasteiger partial charge in [0, 0.05) is 44.0 Å². The van der Waals surface area contributed by atoms with E-state index < -0.39 is 12.1 Å². The highest BCUT2D eigenvalue weighted by Crippen LogP contribution is 2.40. The number of nitrogens with zero attached hydrogens (tertiary/aromatic N) is 5. The number of aliphatic hydroxyl groups is 1. The number of aliphatic hydroxyl groups excluding tert-OH is 1. The predicted octanol–water partition coefficient (Wildman–Crippen LogP) is 6.36. The third-order valence-corrected chi connectivity index (χ3v) is 10.5. The Morgan fingerprint density at radius 2 is 1.91 bits per heavy atom. The minimum Gasteiger partial charge on any atom is -0.391 e. The zero-order chi connectivity index (χ0) is 32.7. The Labute approximate surface area is 279 Å². The lowest BCUT2D eigenvalue weighted by Gasteiger charge is -2.35. The van der Waals surface area contributed by atoms with E-state index >= 15 is 0 Å². The van der Waals surface area contributed by atoms with Gasteiger partial charge in [-0.05, 0) is 77.6 Å². The molecule has 3 atom stereocenters. The van der Waals surface area contributed by atoms with Crippen LogP contribution in [0.25, 0.3) is 10.4 Å². The molecule has 1 saturated heterocycles. The van der Waals surface area contributed by atoms with Gasteiger partial charge in [-0.1, -0.05) is 56.3 Å². The minimum absolute atomic E-state index is 0.0806. The molecule has 0 unspecified atom stereocenters. The number of nitrogens with one attached hydrogen (secondary N) is 1. The molecule has 3 aliphatic heterocycles. The smallest absolute Gasteiger partial charge is 0.255 e. The van der Waals surface area contributed by atoms with Gasteiger partial charge in [0.1, 0.15) is 6.04 Å². The topological polar surface area (TPSA) is 110 Å². The van der Waals surface area contributed by atoms with E-state index in [1.807, 2.05) is 49.8 Å². The number of hydrogen-bond donors (Lipinski definition) is 2. The number of fused-ring (bicyclic) bond motifs is 3. The molecule has 1 fully saturated rings. The van der Waals surface area contributed by atoms with Crippen molar-refractivity contribution in [1.29, 1.82) is 0 Å². The number of likely N-dealkylation sites (tertiary alicyclic amines) is 1. The molecule has 9 nitrogen and oxygen atoms in total. The molecule has 2 amide bonds. The van der Waals surface area contributed by atoms with E-state index in [0.29, 0.717) is 31.6 Å². The highest BCUT2D eigenvalue weighted by atomic mass is 32.1. The molecule has 0 spiro atoms. The summed E-state index contributed by atoms with van der Waals surface area (Å²) in [5.41, 5.74) is 10.9. The van der Waals surface area contributed by atoms with Crippen molar-refractivity contribution in [2.75, 3.05) is 13.1 Å². The Hall–Kier alpha value is -4.25. The van der Waals surface area contributed by atoms with Crippen LogP contribution >= 0.6 is 11.3 Å². The van der Waals surface area contributed by atoms with Crippen LogP contribution < -0.4 is 5.32 Å². The van der Waals surface area contributed by atoms with Gasteiger partial charge in [0.2, 0.25) is 5.91 Å². The van der Waals surface area contributed by atoms with Crippen LogP contribution in [0.5, 0.6) is 0 Å². The van der Waals surface area contributed by atoms with E-state index in [9.17, 15) is 14.7 Å². The summed E-state index contributed by atoms with van der Waals surface area (Å²) in [6.45, 7) is 7.76. The second-order valence-electron chi connectivity index (χ2n) is 13.2. The molecule has 47 heavy (non-hydrogen) atoms. The van der Waals surface area contributed by atoms with Gasteiger partial charge >= 0.3 is 0 Å². The Balaban J connectivity index is 1.11. The molecule has 0 bridgehead atoms. The largest absolute Gasteiger partial charge is 0.391 e. The van der Waals surface area contributed by atoms with Crippen molar-refractivity contribution in [2.45, 2.75) is 71.3 Å². The highest BCUT2D eigenvalue weighted by molar-refractivity contribution is 7.13. The fraction of sp³-hybridized carbons (Fsp3) is 0.378. The summed E-state index contributed by atoms with van der Waals surface area (Å²) >= 11 is 1.62. The number of β-amino-alcohol motifs (C(OH)–C–C–N with tert-alkyl or cyclic N) is 1. The number of azo groups is 1. The Kier molecular flexibility index (Phi) is 8.74. The van der Waals surface area contributed by atoms with Gasteiger partial charge in [-0.3, -0.25) is 14.6 Å². The number of aromatic nitrogens is 1. The number of carbonyl (C=O) groups is 2. The van der Waals surface area contributed by atoms with Crippen molar-refractivity contribution in [3.8, 4) is 10.4 Å². The summed E-state index contributed by atoms with van der Waals surface area (Å²) in [5.74, 6) is -0.290. The van der Waals surface area contributed by atoms with Gasteiger partial charge in [-0.2, -0.15) is 5.11 Å². The lowest BCUT2D eigenvalue weighted by atomic mass is 9.93. The highest BCUT2D eigenvalue weighted by Gasteiger charge is 2.43.